The first kappa shape index (κ1) is 14.9. The van der Waals surface area contributed by atoms with Gasteiger partial charge in [-0.05, 0) is 31.2 Å². The lowest BCUT2D eigenvalue weighted by Gasteiger charge is -2.27. The fourth-order valence-electron chi connectivity index (χ4n) is 2.06. The Morgan fingerprint density at radius 2 is 1.73 bits per heavy atom. The molecule has 2 N–H and O–H groups in total. The molecule has 1 unspecified atom stereocenters. The molecule has 92 valence electrons. The highest BCUT2D eigenvalue weighted by Crippen LogP contribution is 2.21. The standard InChI is InChI=1S/C13H29NO/c1-6-12(7-2)9-14-10-13(4,5)8-11(3)15/h11-12,14-15H,6-10H2,1-5H3. The largest absolute Gasteiger partial charge is 0.393 e. The minimum atomic E-state index is -0.199. The van der Waals surface area contributed by atoms with E-state index in [0.717, 1.165) is 25.4 Å². The number of hydrogen-bond donors (Lipinski definition) is 2. The topological polar surface area (TPSA) is 32.3 Å². The van der Waals surface area contributed by atoms with Crippen LogP contribution in [0, 0.1) is 11.3 Å². The van der Waals surface area contributed by atoms with Crippen molar-refractivity contribution >= 4 is 0 Å². The molecule has 0 bridgehead atoms. The van der Waals surface area contributed by atoms with Crippen LogP contribution in [-0.4, -0.2) is 24.3 Å². The molecule has 0 aromatic heterocycles. The summed E-state index contributed by atoms with van der Waals surface area (Å²) in [6.07, 6.45) is 3.17. The van der Waals surface area contributed by atoms with Crippen LogP contribution in [0.1, 0.15) is 53.9 Å². The summed E-state index contributed by atoms with van der Waals surface area (Å²) in [6.45, 7) is 12.9. The number of nitrogens with one attached hydrogen (secondary N) is 1. The fraction of sp³-hybridized carbons (Fsp3) is 1.00. The van der Waals surface area contributed by atoms with E-state index in [1.807, 2.05) is 6.92 Å². The number of hydrogen-bond acceptors (Lipinski definition) is 2. The lowest BCUT2D eigenvalue weighted by atomic mass is 9.87. The van der Waals surface area contributed by atoms with Crippen LogP contribution in [0.2, 0.25) is 0 Å². The van der Waals surface area contributed by atoms with Gasteiger partial charge in [0.1, 0.15) is 0 Å². The van der Waals surface area contributed by atoms with Crippen LogP contribution < -0.4 is 5.32 Å². The van der Waals surface area contributed by atoms with Crippen LogP contribution in [-0.2, 0) is 0 Å². The third-order valence-corrected chi connectivity index (χ3v) is 3.04. The summed E-state index contributed by atoms with van der Waals surface area (Å²) in [5.74, 6) is 0.798. The lowest BCUT2D eigenvalue weighted by molar-refractivity contribution is 0.127. The van der Waals surface area contributed by atoms with Crippen molar-refractivity contribution in [3.63, 3.8) is 0 Å². The highest BCUT2D eigenvalue weighted by molar-refractivity contribution is 4.74. The SMILES string of the molecule is CCC(CC)CNCC(C)(C)CC(C)O. The molecular formula is C13H29NO. The Morgan fingerprint density at radius 3 is 2.13 bits per heavy atom. The normalized spacial score (nSPS) is 14.6. The molecule has 0 radical (unpaired) electrons. The van der Waals surface area contributed by atoms with Crippen molar-refractivity contribution in [3.8, 4) is 0 Å². The molecule has 0 saturated carbocycles. The maximum atomic E-state index is 9.36. The van der Waals surface area contributed by atoms with Gasteiger partial charge in [0.25, 0.3) is 0 Å². The highest BCUT2D eigenvalue weighted by Gasteiger charge is 2.19. The first-order chi connectivity index (χ1) is 6.91. The monoisotopic (exact) mass is 215 g/mol. The van der Waals surface area contributed by atoms with Crippen molar-refractivity contribution in [2.75, 3.05) is 13.1 Å². The summed E-state index contributed by atoms with van der Waals surface area (Å²) in [6, 6.07) is 0. The molecule has 0 spiro atoms. The summed E-state index contributed by atoms with van der Waals surface area (Å²) in [4.78, 5) is 0. The molecule has 0 amide bonds. The van der Waals surface area contributed by atoms with Gasteiger partial charge in [-0.1, -0.05) is 40.5 Å². The van der Waals surface area contributed by atoms with Gasteiger partial charge < -0.3 is 10.4 Å². The first-order valence-corrected chi connectivity index (χ1v) is 6.30. The predicted octanol–water partition coefficient (Wildman–Crippen LogP) is 2.81. The fourth-order valence-corrected chi connectivity index (χ4v) is 2.06. The van der Waals surface area contributed by atoms with Crippen LogP contribution in [0.25, 0.3) is 0 Å². The Hall–Kier alpha value is -0.0800. The Labute approximate surface area is 95.5 Å². The smallest absolute Gasteiger partial charge is 0.0517 e. The van der Waals surface area contributed by atoms with Gasteiger partial charge in [-0.25, -0.2) is 0 Å². The molecule has 0 rings (SSSR count). The number of aliphatic hydroxyl groups is 1. The number of rotatable bonds is 8. The summed E-state index contributed by atoms with van der Waals surface area (Å²) in [5.41, 5.74) is 0.195. The second-order valence-electron chi connectivity index (χ2n) is 5.53. The maximum Gasteiger partial charge on any atom is 0.0517 e. The zero-order valence-electron chi connectivity index (χ0n) is 11.1. The van der Waals surface area contributed by atoms with Gasteiger partial charge in [-0.2, -0.15) is 0 Å². The maximum absolute atomic E-state index is 9.36. The van der Waals surface area contributed by atoms with Crippen LogP contribution in [0.5, 0.6) is 0 Å². The average molecular weight is 215 g/mol. The van der Waals surface area contributed by atoms with E-state index in [-0.39, 0.29) is 11.5 Å². The molecule has 0 aromatic carbocycles. The molecule has 0 aliphatic heterocycles. The van der Waals surface area contributed by atoms with Crippen molar-refractivity contribution in [2.45, 2.75) is 60.0 Å². The molecule has 0 aliphatic rings. The third kappa shape index (κ3) is 7.80. The van der Waals surface area contributed by atoms with Crippen molar-refractivity contribution in [2.24, 2.45) is 11.3 Å². The van der Waals surface area contributed by atoms with Crippen molar-refractivity contribution in [3.05, 3.63) is 0 Å². The van der Waals surface area contributed by atoms with Crippen molar-refractivity contribution in [1.82, 2.24) is 5.32 Å². The number of aliphatic hydroxyl groups excluding tert-OH is 1. The molecule has 0 heterocycles. The van der Waals surface area contributed by atoms with E-state index < -0.39 is 0 Å². The van der Waals surface area contributed by atoms with E-state index in [9.17, 15) is 5.11 Å². The van der Waals surface area contributed by atoms with Crippen LogP contribution >= 0.6 is 0 Å². The lowest BCUT2D eigenvalue weighted by Crippen LogP contribution is -2.34. The zero-order valence-corrected chi connectivity index (χ0v) is 11.1. The Bertz CT molecular complexity index is 151. The minimum absolute atomic E-state index is 0.195. The van der Waals surface area contributed by atoms with Gasteiger partial charge >= 0.3 is 0 Å². The molecule has 0 fully saturated rings. The van der Waals surface area contributed by atoms with E-state index in [0.29, 0.717) is 0 Å². The van der Waals surface area contributed by atoms with Crippen LogP contribution in [0.15, 0.2) is 0 Å². The molecular weight excluding hydrogens is 186 g/mol. The summed E-state index contributed by atoms with van der Waals surface area (Å²) >= 11 is 0. The van der Waals surface area contributed by atoms with Gasteiger partial charge in [0.2, 0.25) is 0 Å². The summed E-state index contributed by atoms with van der Waals surface area (Å²) < 4.78 is 0. The van der Waals surface area contributed by atoms with Crippen LogP contribution in [0.3, 0.4) is 0 Å². The summed E-state index contributed by atoms with van der Waals surface area (Å²) in [7, 11) is 0. The Balaban J connectivity index is 3.73. The molecule has 0 saturated heterocycles. The zero-order chi connectivity index (χ0) is 11.9. The molecule has 0 aromatic rings. The third-order valence-electron chi connectivity index (χ3n) is 3.04. The molecule has 15 heavy (non-hydrogen) atoms. The Morgan fingerprint density at radius 1 is 1.20 bits per heavy atom. The van der Waals surface area contributed by atoms with Gasteiger partial charge in [-0.15, -0.1) is 0 Å². The summed E-state index contributed by atoms with van der Waals surface area (Å²) in [5, 5.41) is 12.9. The quantitative estimate of drug-likeness (QED) is 0.652. The van der Waals surface area contributed by atoms with Crippen LogP contribution in [0.4, 0.5) is 0 Å². The Kier molecular flexibility index (Phi) is 7.20. The van der Waals surface area contributed by atoms with E-state index in [1.165, 1.54) is 12.8 Å². The van der Waals surface area contributed by atoms with Gasteiger partial charge in [0.15, 0.2) is 0 Å². The minimum Gasteiger partial charge on any atom is -0.393 e. The van der Waals surface area contributed by atoms with E-state index in [2.05, 4.69) is 33.0 Å². The highest BCUT2D eigenvalue weighted by atomic mass is 16.3. The van der Waals surface area contributed by atoms with E-state index in [1.54, 1.807) is 0 Å². The average Bonchev–Trinajstić information content (AvgIpc) is 2.10. The van der Waals surface area contributed by atoms with Crippen molar-refractivity contribution in [1.29, 1.82) is 0 Å². The van der Waals surface area contributed by atoms with E-state index in [4.69, 9.17) is 0 Å². The van der Waals surface area contributed by atoms with E-state index >= 15 is 0 Å². The second kappa shape index (κ2) is 7.24. The second-order valence-corrected chi connectivity index (χ2v) is 5.53. The van der Waals surface area contributed by atoms with Gasteiger partial charge in [-0.3, -0.25) is 0 Å². The molecule has 0 aliphatic carbocycles. The van der Waals surface area contributed by atoms with Crippen molar-refractivity contribution < 1.29 is 5.11 Å². The predicted molar refractivity (Wildman–Crippen MR) is 67.0 cm³/mol. The first-order valence-electron chi connectivity index (χ1n) is 6.30. The molecule has 1 atom stereocenters. The van der Waals surface area contributed by atoms with Gasteiger partial charge in [0, 0.05) is 6.54 Å². The van der Waals surface area contributed by atoms with Gasteiger partial charge in [0.05, 0.1) is 6.10 Å². The molecule has 2 heteroatoms. The molecule has 2 nitrogen and oxygen atoms in total.